The molecular weight excluding hydrogens is 348 g/mol. The van der Waals surface area contributed by atoms with Gasteiger partial charge in [-0.05, 0) is 69.1 Å². The van der Waals surface area contributed by atoms with Gasteiger partial charge in [-0.3, -0.25) is 9.69 Å². The Bertz CT molecular complexity index is 734. The van der Waals surface area contributed by atoms with E-state index in [1.54, 1.807) is 0 Å². The number of carbonyl (C=O) groups excluding carboxylic acids is 1. The van der Waals surface area contributed by atoms with Gasteiger partial charge < -0.3 is 10.1 Å². The van der Waals surface area contributed by atoms with Crippen LogP contribution in [0.15, 0.2) is 48.5 Å². The fourth-order valence-corrected chi connectivity index (χ4v) is 3.63. The van der Waals surface area contributed by atoms with Crippen LogP contribution < -0.4 is 10.1 Å². The number of rotatable bonds is 9. The number of aryl methyl sites for hydroxylation is 1. The van der Waals surface area contributed by atoms with Crippen molar-refractivity contribution in [3.8, 4) is 5.75 Å². The van der Waals surface area contributed by atoms with Crippen LogP contribution >= 0.6 is 0 Å². The summed E-state index contributed by atoms with van der Waals surface area (Å²) in [4.78, 5) is 15.1. The number of unbranched alkanes of at least 4 members (excludes halogenated alkanes) is 1. The second kappa shape index (κ2) is 10.3. The number of hydrogen-bond acceptors (Lipinski definition) is 3. The van der Waals surface area contributed by atoms with E-state index < -0.39 is 0 Å². The van der Waals surface area contributed by atoms with Crippen LogP contribution in [0.2, 0.25) is 0 Å². The normalized spacial score (nSPS) is 15.4. The summed E-state index contributed by atoms with van der Waals surface area (Å²) in [7, 11) is 0. The molecule has 0 saturated carbocycles. The van der Waals surface area contributed by atoms with Crippen molar-refractivity contribution in [2.24, 2.45) is 0 Å². The first kappa shape index (κ1) is 20.4. The van der Waals surface area contributed by atoms with Gasteiger partial charge in [0.1, 0.15) is 5.75 Å². The lowest BCUT2D eigenvalue weighted by atomic mass is 10.0. The molecule has 150 valence electrons. The van der Waals surface area contributed by atoms with Crippen molar-refractivity contribution in [1.82, 2.24) is 10.2 Å². The van der Waals surface area contributed by atoms with Gasteiger partial charge in [0, 0.05) is 12.1 Å². The first-order valence-corrected chi connectivity index (χ1v) is 10.5. The monoisotopic (exact) mass is 380 g/mol. The third-order valence-electron chi connectivity index (χ3n) is 5.38. The summed E-state index contributed by atoms with van der Waals surface area (Å²) < 4.78 is 5.68. The number of hydrogen-bond donors (Lipinski definition) is 1. The maximum absolute atomic E-state index is 12.7. The molecule has 0 radical (unpaired) electrons. The van der Waals surface area contributed by atoms with E-state index in [0.29, 0.717) is 12.1 Å². The summed E-state index contributed by atoms with van der Waals surface area (Å²) in [6, 6.07) is 16.3. The van der Waals surface area contributed by atoms with Gasteiger partial charge in [0.2, 0.25) is 0 Å². The van der Waals surface area contributed by atoms with Crippen LogP contribution in [-0.4, -0.2) is 37.0 Å². The van der Waals surface area contributed by atoms with Crippen molar-refractivity contribution >= 4 is 5.91 Å². The molecule has 1 aliphatic heterocycles. The summed E-state index contributed by atoms with van der Waals surface area (Å²) >= 11 is 0. The van der Waals surface area contributed by atoms with Gasteiger partial charge in [-0.15, -0.1) is 0 Å². The first-order valence-electron chi connectivity index (χ1n) is 10.5. The molecule has 1 heterocycles. The lowest BCUT2D eigenvalue weighted by Crippen LogP contribution is -2.36. The number of nitrogens with one attached hydrogen (secondary N) is 1. The fraction of sp³-hybridized carbons (Fsp3) is 0.458. The number of amides is 1. The van der Waals surface area contributed by atoms with E-state index in [4.69, 9.17) is 4.74 Å². The Hall–Kier alpha value is -2.33. The molecule has 2 aromatic rings. The van der Waals surface area contributed by atoms with Gasteiger partial charge in [-0.2, -0.15) is 0 Å². The van der Waals surface area contributed by atoms with Gasteiger partial charge in [0.25, 0.3) is 5.91 Å². The molecule has 1 amide bonds. The minimum Gasteiger partial charge on any atom is -0.494 e. The largest absolute Gasteiger partial charge is 0.494 e. The maximum Gasteiger partial charge on any atom is 0.251 e. The Labute approximate surface area is 168 Å². The van der Waals surface area contributed by atoms with Crippen LogP contribution in [-0.2, 0) is 0 Å². The molecular formula is C24H32N2O2. The highest BCUT2D eigenvalue weighted by Gasteiger charge is 2.24. The Kier molecular flexibility index (Phi) is 7.49. The number of carbonyl (C=O) groups is 1. The van der Waals surface area contributed by atoms with Crippen molar-refractivity contribution < 1.29 is 9.53 Å². The van der Waals surface area contributed by atoms with Gasteiger partial charge in [0.15, 0.2) is 0 Å². The van der Waals surface area contributed by atoms with Gasteiger partial charge in [-0.25, -0.2) is 0 Å². The predicted molar refractivity (Wildman–Crippen MR) is 114 cm³/mol. The van der Waals surface area contributed by atoms with E-state index in [1.165, 1.54) is 24.0 Å². The lowest BCUT2D eigenvalue weighted by molar-refractivity contribution is 0.0938. The van der Waals surface area contributed by atoms with Gasteiger partial charge >= 0.3 is 0 Å². The molecule has 0 spiro atoms. The van der Waals surface area contributed by atoms with Crippen LogP contribution in [0.3, 0.4) is 0 Å². The van der Waals surface area contributed by atoms with Crippen molar-refractivity contribution in [3.05, 3.63) is 65.2 Å². The highest BCUT2D eigenvalue weighted by Crippen LogP contribution is 2.25. The van der Waals surface area contributed by atoms with Crippen LogP contribution in [0.4, 0.5) is 0 Å². The molecule has 1 N–H and O–H groups in total. The average Bonchev–Trinajstić information content (AvgIpc) is 3.24. The minimum atomic E-state index is -0.0311. The summed E-state index contributed by atoms with van der Waals surface area (Å²) in [5.74, 6) is 0.788. The fourth-order valence-electron chi connectivity index (χ4n) is 3.63. The molecule has 4 heteroatoms. The number of likely N-dealkylation sites (tertiary alicyclic amines) is 1. The van der Waals surface area contributed by atoms with E-state index >= 15 is 0 Å². The molecule has 2 aromatic carbocycles. The molecule has 1 atom stereocenters. The van der Waals surface area contributed by atoms with Crippen molar-refractivity contribution in [2.75, 3.05) is 26.2 Å². The SMILES string of the molecule is CCCCOc1ccc(C(=O)NCC(c2ccc(C)cc2)N2CCCC2)cc1. The van der Waals surface area contributed by atoms with E-state index in [1.807, 2.05) is 24.3 Å². The number of nitrogens with zero attached hydrogens (tertiary/aromatic N) is 1. The zero-order chi connectivity index (χ0) is 19.8. The molecule has 0 bridgehead atoms. The van der Waals surface area contributed by atoms with Gasteiger partial charge in [-0.1, -0.05) is 43.2 Å². The molecule has 0 aliphatic carbocycles. The zero-order valence-electron chi connectivity index (χ0n) is 17.1. The molecule has 0 aromatic heterocycles. The highest BCUT2D eigenvalue weighted by atomic mass is 16.5. The molecule has 1 aliphatic rings. The van der Waals surface area contributed by atoms with Crippen LogP contribution in [0.1, 0.15) is 60.1 Å². The predicted octanol–water partition coefficient (Wildman–Crippen LogP) is 4.74. The third kappa shape index (κ3) is 5.59. The first-order chi connectivity index (χ1) is 13.7. The lowest BCUT2D eigenvalue weighted by Gasteiger charge is -2.28. The second-order valence-electron chi connectivity index (χ2n) is 7.61. The third-order valence-corrected chi connectivity index (χ3v) is 5.38. The van der Waals surface area contributed by atoms with Crippen molar-refractivity contribution in [1.29, 1.82) is 0 Å². The smallest absolute Gasteiger partial charge is 0.251 e. The quantitative estimate of drug-likeness (QED) is 0.639. The molecule has 28 heavy (non-hydrogen) atoms. The Morgan fingerprint density at radius 3 is 2.39 bits per heavy atom. The molecule has 1 fully saturated rings. The van der Waals surface area contributed by atoms with Crippen LogP contribution in [0, 0.1) is 6.92 Å². The summed E-state index contributed by atoms with van der Waals surface area (Å²) in [5.41, 5.74) is 3.20. The highest BCUT2D eigenvalue weighted by molar-refractivity contribution is 5.94. The topological polar surface area (TPSA) is 41.6 Å². The van der Waals surface area contributed by atoms with Crippen molar-refractivity contribution in [3.63, 3.8) is 0 Å². The van der Waals surface area contributed by atoms with E-state index in [0.717, 1.165) is 38.3 Å². The number of ether oxygens (including phenoxy) is 1. The molecule has 1 saturated heterocycles. The zero-order valence-corrected chi connectivity index (χ0v) is 17.1. The summed E-state index contributed by atoms with van der Waals surface area (Å²) in [6.07, 6.45) is 4.62. The average molecular weight is 381 g/mol. The van der Waals surface area contributed by atoms with E-state index in [9.17, 15) is 4.79 Å². The van der Waals surface area contributed by atoms with Crippen LogP contribution in [0.5, 0.6) is 5.75 Å². The maximum atomic E-state index is 12.7. The minimum absolute atomic E-state index is 0.0311. The second-order valence-corrected chi connectivity index (χ2v) is 7.61. The molecule has 1 unspecified atom stereocenters. The Morgan fingerprint density at radius 1 is 1.07 bits per heavy atom. The summed E-state index contributed by atoms with van der Waals surface area (Å²) in [6.45, 7) is 7.78. The van der Waals surface area contributed by atoms with E-state index in [-0.39, 0.29) is 11.9 Å². The van der Waals surface area contributed by atoms with E-state index in [2.05, 4.69) is 48.3 Å². The summed E-state index contributed by atoms with van der Waals surface area (Å²) in [5, 5.41) is 3.14. The van der Waals surface area contributed by atoms with Gasteiger partial charge in [0.05, 0.1) is 12.6 Å². The molecule has 3 rings (SSSR count). The van der Waals surface area contributed by atoms with Crippen molar-refractivity contribution in [2.45, 2.75) is 45.6 Å². The van der Waals surface area contributed by atoms with Crippen LogP contribution in [0.25, 0.3) is 0 Å². The number of benzene rings is 2. The Balaban J connectivity index is 1.60. The molecule has 4 nitrogen and oxygen atoms in total. The standard InChI is InChI=1S/C24H32N2O2/c1-3-4-17-28-22-13-11-21(12-14-22)24(27)25-18-23(26-15-5-6-16-26)20-9-7-19(2)8-10-20/h7-14,23H,3-6,15-18H2,1-2H3,(H,25,27). The Morgan fingerprint density at radius 2 is 1.75 bits per heavy atom.